The van der Waals surface area contributed by atoms with Crippen LogP contribution in [0.2, 0.25) is 0 Å². The van der Waals surface area contributed by atoms with E-state index >= 15 is 0 Å². The Morgan fingerprint density at radius 1 is 0.622 bits per heavy atom. The lowest BCUT2D eigenvalue weighted by Crippen LogP contribution is -2.09. The van der Waals surface area contributed by atoms with Crippen LogP contribution in [0, 0.1) is 0 Å². The van der Waals surface area contributed by atoms with Gasteiger partial charge < -0.3 is 9.84 Å². The molecule has 0 aliphatic heterocycles. The topological polar surface area (TPSA) is 80.7 Å². The molecule has 5 aromatic rings. The summed E-state index contributed by atoms with van der Waals surface area (Å²) in [5, 5.41) is 8.83. The largest absolute Gasteiger partial charge is 0.482 e. The first-order valence-electron chi connectivity index (χ1n) is 14.5. The number of carboxylic acid groups (broad SMARTS) is 1. The molecule has 0 aromatic heterocycles. The van der Waals surface area contributed by atoms with Gasteiger partial charge in [-0.3, -0.25) is 9.59 Å². The third-order valence-electron chi connectivity index (χ3n) is 7.32. The molecule has 0 spiro atoms. The molecule has 0 atom stereocenters. The summed E-state index contributed by atoms with van der Waals surface area (Å²) in [6.07, 6.45) is 2.20. The minimum Gasteiger partial charge on any atom is -0.482 e. The Hall–Kier alpha value is -5.20. The SMILES string of the molecule is CC(=O)c1cccc(-c2ccc(C(=CCSc3ccc(OCC(=O)O)cc3)c3ccc(-c4cccc(C(C)=O)c4)cc3)cc2)c1. The third kappa shape index (κ3) is 8.25. The van der Waals surface area contributed by atoms with Gasteiger partial charge in [0.15, 0.2) is 18.2 Å². The van der Waals surface area contributed by atoms with Crippen LogP contribution in [0.15, 0.2) is 132 Å². The Morgan fingerprint density at radius 2 is 1.11 bits per heavy atom. The number of carbonyl (C=O) groups excluding carboxylic acids is 2. The number of thioether (sulfide) groups is 1. The van der Waals surface area contributed by atoms with Gasteiger partial charge in [0, 0.05) is 21.8 Å². The molecular weight excluding hydrogens is 580 g/mol. The van der Waals surface area contributed by atoms with E-state index in [2.05, 4.69) is 54.6 Å². The molecule has 5 aromatic carbocycles. The second-order valence-corrected chi connectivity index (χ2v) is 11.6. The predicted molar refractivity (Wildman–Crippen MR) is 181 cm³/mol. The molecule has 5 nitrogen and oxygen atoms in total. The van der Waals surface area contributed by atoms with Gasteiger partial charge in [-0.25, -0.2) is 4.79 Å². The van der Waals surface area contributed by atoms with Gasteiger partial charge in [-0.1, -0.05) is 91.0 Å². The molecule has 0 saturated heterocycles. The second-order valence-electron chi connectivity index (χ2n) is 10.5. The lowest BCUT2D eigenvalue weighted by Gasteiger charge is -2.12. The van der Waals surface area contributed by atoms with Crippen molar-refractivity contribution in [2.75, 3.05) is 12.4 Å². The lowest BCUT2D eigenvalue weighted by atomic mass is 9.93. The molecule has 0 saturated carbocycles. The molecular formula is C39H32O5S. The van der Waals surface area contributed by atoms with Crippen LogP contribution in [0.25, 0.3) is 27.8 Å². The van der Waals surface area contributed by atoms with Crippen LogP contribution in [-0.4, -0.2) is 35.0 Å². The molecule has 0 radical (unpaired) electrons. The minimum absolute atomic E-state index is 0.0371. The van der Waals surface area contributed by atoms with E-state index < -0.39 is 5.97 Å². The maximum absolute atomic E-state index is 11.9. The highest BCUT2D eigenvalue weighted by atomic mass is 32.2. The number of carbonyl (C=O) groups is 3. The zero-order valence-electron chi connectivity index (χ0n) is 25.0. The van der Waals surface area contributed by atoms with Crippen molar-refractivity contribution in [2.24, 2.45) is 0 Å². The number of ether oxygens (including phenoxy) is 1. The summed E-state index contributed by atoms with van der Waals surface area (Å²) in [5.41, 5.74) is 8.61. The number of ketones is 2. The Labute approximate surface area is 267 Å². The van der Waals surface area contributed by atoms with E-state index in [9.17, 15) is 14.4 Å². The van der Waals surface area contributed by atoms with E-state index in [1.807, 2.05) is 60.7 Å². The summed E-state index contributed by atoms with van der Waals surface area (Å²) < 4.78 is 5.25. The molecule has 0 aliphatic carbocycles. The van der Waals surface area contributed by atoms with Crippen molar-refractivity contribution < 1.29 is 24.2 Å². The van der Waals surface area contributed by atoms with Crippen molar-refractivity contribution >= 4 is 34.9 Å². The van der Waals surface area contributed by atoms with Crippen molar-refractivity contribution in [2.45, 2.75) is 18.7 Å². The minimum atomic E-state index is -1.01. The number of hydrogen-bond acceptors (Lipinski definition) is 5. The molecule has 0 amide bonds. The van der Waals surface area contributed by atoms with Gasteiger partial charge in [-0.2, -0.15) is 0 Å². The highest BCUT2D eigenvalue weighted by molar-refractivity contribution is 7.99. The summed E-state index contributed by atoms with van der Waals surface area (Å²) >= 11 is 1.67. The molecule has 0 unspecified atom stereocenters. The molecule has 224 valence electrons. The maximum Gasteiger partial charge on any atom is 0.341 e. The van der Waals surface area contributed by atoms with Gasteiger partial charge in [0.25, 0.3) is 0 Å². The standard InChI is InChI=1S/C39H32O5S/c1-26(40)32-5-3-7-34(23-32)28-9-13-30(14-10-28)38(21-22-45-37-19-17-36(18-20-37)44-25-39(42)43)31-15-11-29(12-16-31)35-8-4-6-33(24-35)27(2)41/h3-21,23-24H,22,25H2,1-2H3,(H,42,43). The number of Topliss-reactive ketones (excluding diaryl/α,β-unsaturated/α-hetero) is 2. The van der Waals surface area contributed by atoms with Crippen molar-refractivity contribution in [3.63, 3.8) is 0 Å². The Balaban J connectivity index is 1.42. The Morgan fingerprint density at radius 3 is 1.56 bits per heavy atom. The maximum atomic E-state index is 11.9. The van der Waals surface area contributed by atoms with Gasteiger partial charge in [0.1, 0.15) is 5.75 Å². The van der Waals surface area contributed by atoms with Crippen molar-refractivity contribution in [3.05, 3.63) is 150 Å². The van der Waals surface area contributed by atoms with Crippen LogP contribution >= 0.6 is 11.8 Å². The average Bonchev–Trinajstić information content (AvgIpc) is 3.06. The molecule has 6 heteroatoms. The first kappa shape index (κ1) is 31.2. The van der Waals surface area contributed by atoms with Crippen molar-refractivity contribution in [3.8, 4) is 28.0 Å². The van der Waals surface area contributed by atoms with Crippen LogP contribution in [0.4, 0.5) is 0 Å². The zero-order chi connectivity index (χ0) is 31.8. The molecule has 0 fully saturated rings. The van der Waals surface area contributed by atoms with Gasteiger partial charge in [0.05, 0.1) is 0 Å². The van der Waals surface area contributed by atoms with E-state index in [1.165, 1.54) is 0 Å². The van der Waals surface area contributed by atoms with Crippen LogP contribution in [0.5, 0.6) is 5.75 Å². The number of rotatable bonds is 12. The van der Waals surface area contributed by atoms with Gasteiger partial charge in [0.2, 0.25) is 0 Å². The smallest absolute Gasteiger partial charge is 0.341 e. The van der Waals surface area contributed by atoms with Crippen molar-refractivity contribution in [1.82, 2.24) is 0 Å². The fraction of sp³-hybridized carbons (Fsp3) is 0.103. The summed E-state index contributed by atoms with van der Waals surface area (Å²) in [4.78, 5) is 35.6. The summed E-state index contributed by atoms with van der Waals surface area (Å²) in [6.45, 7) is 2.77. The number of aliphatic carboxylic acids is 1. The van der Waals surface area contributed by atoms with Gasteiger partial charge in [-0.05, 0) is 89.2 Å². The Kier molecular flexibility index (Phi) is 10.1. The second kappa shape index (κ2) is 14.5. The molecule has 5 rings (SSSR count). The molecule has 0 aliphatic rings. The molecule has 1 N–H and O–H groups in total. The van der Waals surface area contributed by atoms with E-state index in [-0.39, 0.29) is 18.2 Å². The van der Waals surface area contributed by atoms with Gasteiger partial charge >= 0.3 is 5.97 Å². The number of benzene rings is 5. The monoisotopic (exact) mass is 612 g/mol. The first-order chi connectivity index (χ1) is 21.8. The van der Waals surface area contributed by atoms with Gasteiger partial charge in [-0.15, -0.1) is 11.8 Å². The highest BCUT2D eigenvalue weighted by Gasteiger charge is 2.10. The zero-order valence-corrected chi connectivity index (χ0v) is 25.8. The highest BCUT2D eigenvalue weighted by Crippen LogP contribution is 2.31. The number of carboxylic acids is 1. The fourth-order valence-corrected chi connectivity index (χ4v) is 5.69. The summed E-state index contributed by atoms with van der Waals surface area (Å²) in [6, 6.07) is 39.4. The van der Waals surface area contributed by atoms with Crippen LogP contribution in [0.3, 0.4) is 0 Å². The quantitative estimate of drug-likeness (QED) is 0.112. The van der Waals surface area contributed by atoms with E-state index in [0.717, 1.165) is 43.8 Å². The van der Waals surface area contributed by atoms with Crippen molar-refractivity contribution in [1.29, 1.82) is 0 Å². The molecule has 45 heavy (non-hydrogen) atoms. The Bertz CT molecular complexity index is 1750. The fourth-order valence-electron chi connectivity index (χ4n) is 4.92. The summed E-state index contributed by atoms with van der Waals surface area (Å²) in [5.74, 6) is 0.280. The normalized spacial score (nSPS) is 10.6. The third-order valence-corrected chi connectivity index (χ3v) is 8.26. The molecule has 0 bridgehead atoms. The van der Waals surface area contributed by atoms with Crippen LogP contribution in [0.1, 0.15) is 45.7 Å². The predicted octanol–water partition coefficient (Wildman–Crippen LogP) is 9.11. The first-order valence-corrected chi connectivity index (χ1v) is 15.5. The van der Waals surface area contributed by atoms with Crippen LogP contribution < -0.4 is 4.74 Å². The van der Waals surface area contributed by atoms with E-state index in [1.54, 1.807) is 37.7 Å². The molecule has 0 heterocycles. The lowest BCUT2D eigenvalue weighted by molar-refractivity contribution is -0.139. The van der Waals surface area contributed by atoms with E-state index in [0.29, 0.717) is 22.6 Å². The number of hydrogen-bond donors (Lipinski definition) is 1. The van der Waals surface area contributed by atoms with Crippen LogP contribution in [-0.2, 0) is 4.79 Å². The average molecular weight is 613 g/mol. The summed E-state index contributed by atoms with van der Waals surface area (Å²) in [7, 11) is 0. The van der Waals surface area contributed by atoms with E-state index in [4.69, 9.17) is 9.84 Å².